The van der Waals surface area contributed by atoms with Gasteiger partial charge >= 0.3 is 0 Å². The molecule has 1 heterocycles. The van der Waals surface area contributed by atoms with Crippen molar-refractivity contribution in [3.63, 3.8) is 0 Å². The SMILES string of the molecule is COc1cc2[nH]nc(Cl)c(=O)c2cc1OC. The minimum Gasteiger partial charge on any atom is -0.493 e. The first-order chi connectivity index (χ1) is 7.67. The minimum atomic E-state index is -0.337. The van der Waals surface area contributed by atoms with Gasteiger partial charge in [-0.1, -0.05) is 11.6 Å². The number of nitrogens with one attached hydrogen (secondary N) is 1. The van der Waals surface area contributed by atoms with Gasteiger partial charge in [-0.3, -0.25) is 9.89 Å². The molecular formula is C10H9ClN2O3. The van der Waals surface area contributed by atoms with Gasteiger partial charge in [0.2, 0.25) is 5.43 Å². The number of nitrogens with zero attached hydrogens (tertiary/aromatic N) is 1. The third-order valence-electron chi connectivity index (χ3n) is 2.23. The number of methoxy groups -OCH3 is 2. The van der Waals surface area contributed by atoms with Gasteiger partial charge in [0.15, 0.2) is 16.7 Å². The summed E-state index contributed by atoms with van der Waals surface area (Å²) in [6.07, 6.45) is 0. The van der Waals surface area contributed by atoms with Crippen molar-refractivity contribution in [3.8, 4) is 11.5 Å². The highest BCUT2D eigenvalue weighted by molar-refractivity contribution is 6.29. The molecule has 5 nitrogen and oxygen atoms in total. The maximum atomic E-state index is 11.7. The van der Waals surface area contributed by atoms with Crippen LogP contribution in [0.25, 0.3) is 10.9 Å². The first kappa shape index (κ1) is 10.8. The lowest BCUT2D eigenvalue weighted by Gasteiger charge is -2.08. The number of H-pyrrole nitrogens is 1. The van der Waals surface area contributed by atoms with Crippen molar-refractivity contribution in [3.05, 3.63) is 27.5 Å². The van der Waals surface area contributed by atoms with Crippen LogP contribution in [0.3, 0.4) is 0 Å². The summed E-state index contributed by atoms with van der Waals surface area (Å²) in [5.74, 6) is 0.998. The Kier molecular flexibility index (Phi) is 2.70. The summed E-state index contributed by atoms with van der Waals surface area (Å²) in [5.41, 5.74) is 0.211. The summed E-state index contributed by atoms with van der Waals surface area (Å²) in [4.78, 5) is 11.7. The van der Waals surface area contributed by atoms with Gasteiger partial charge in [-0.05, 0) is 6.07 Å². The first-order valence-electron chi connectivity index (χ1n) is 4.47. The van der Waals surface area contributed by atoms with Crippen LogP contribution < -0.4 is 14.9 Å². The van der Waals surface area contributed by atoms with Crippen molar-refractivity contribution in [2.24, 2.45) is 0 Å². The van der Waals surface area contributed by atoms with Crippen molar-refractivity contribution in [2.45, 2.75) is 0 Å². The van der Waals surface area contributed by atoms with Crippen LogP contribution in [0.5, 0.6) is 11.5 Å². The molecule has 0 saturated heterocycles. The lowest BCUT2D eigenvalue weighted by molar-refractivity contribution is 0.355. The summed E-state index contributed by atoms with van der Waals surface area (Å²) in [6.45, 7) is 0. The molecule has 0 atom stereocenters. The Hall–Kier alpha value is -1.75. The monoisotopic (exact) mass is 240 g/mol. The van der Waals surface area contributed by atoms with E-state index in [-0.39, 0.29) is 10.6 Å². The maximum absolute atomic E-state index is 11.7. The van der Waals surface area contributed by atoms with Crippen molar-refractivity contribution in [1.82, 2.24) is 10.2 Å². The molecular weight excluding hydrogens is 232 g/mol. The lowest BCUT2D eigenvalue weighted by Crippen LogP contribution is -2.07. The molecule has 0 aliphatic rings. The molecule has 0 aliphatic carbocycles. The molecule has 0 unspecified atom stereocenters. The zero-order valence-electron chi connectivity index (χ0n) is 8.70. The number of aromatic amines is 1. The molecule has 0 aliphatic heterocycles. The molecule has 2 rings (SSSR count). The fourth-order valence-electron chi connectivity index (χ4n) is 1.43. The Morgan fingerprint density at radius 1 is 1.25 bits per heavy atom. The van der Waals surface area contributed by atoms with Crippen molar-refractivity contribution < 1.29 is 9.47 Å². The molecule has 0 amide bonds. The molecule has 2 aromatic rings. The number of hydrogen-bond donors (Lipinski definition) is 1. The van der Waals surface area contributed by atoms with E-state index in [9.17, 15) is 4.79 Å². The maximum Gasteiger partial charge on any atom is 0.227 e. The summed E-state index contributed by atoms with van der Waals surface area (Å²) < 4.78 is 10.2. The van der Waals surface area contributed by atoms with Gasteiger partial charge in [-0.2, -0.15) is 5.10 Å². The number of aromatic nitrogens is 2. The molecule has 0 saturated carbocycles. The van der Waals surface area contributed by atoms with Gasteiger partial charge in [-0.25, -0.2) is 0 Å². The normalized spacial score (nSPS) is 10.4. The number of halogens is 1. The predicted octanol–water partition coefficient (Wildman–Crippen LogP) is 1.59. The second-order valence-corrected chi connectivity index (χ2v) is 3.45. The number of hydrogen-bond acceptors (Lipinski definition) is 4. The van der Waals surface area contributed by atoms with Crippen LogP contribution in [0.1, 0.15) is 0 Å². The highest BCUT2D eigenvalue weighted by Crippen LogP contribution is 2.29. The number of rotatable bonds is 2. The predicted molar refractivity (Wildman–Crippen MR) is 60.5 cm³/mol. The highest BCUT2D eigenvalue weighted by Gasteiger charge is 2.10. The average molecular weight is 241 g/mol. The molecule has 1 aromatic carbocycles. The Bertz CT molecular complexity index is 594. The second-order valence-electron chi connectivity index (χ2n) is 3.10. The van der Waals surface area contributed by atoms with E-state index in [4.69, 9.17) is 21.1 Å². The Balaban J connectivity index is 2.84. The van der Waals surface area contributed by atoms with Gasteiger partial charge in [0, 0.05) is 6.07 Å². The molecule has 16 heavy (non-hydrogen) atoms. The molecule has 0 fully saturated rings. The second kappa shape index (κ2) is 4.02. The van der Waals surface area contributed by atoms with E-state index in [0.29, 0.717) is 22.4 Å². The number of ether oxygens (including phenoxy) is 2. The van der Waals surface area contributed by atoms with Gasteiger partial charge in [0.1, 0.15) is 0 Å². The fourth-order valence-corrected chi connectivity index (χ4v) is 1.57. The van der Waals surface area contributed by atoms with Crippen LogP contribution in [0, 0.1) is 0 Å². The van der Waals surface area contributed by atoms with Gasteiger partial charge in [-0.15, -0.1) is 0 Å². The van der Waals surface area contributed by atoms with E-state index < -0.39 is 0 Å². The third-order valence-corrected chi connectivity index (χ3v) is 2.49. The Morgan fingerprint density at radius 3 is 2.50 bits per heavy atom. The molecule has 0 spiro atoms. The van der Waals surface area contributed by atoms with Crippen LogP contribution in [0.15, 0.2) is 16.9 Å². The standard InChI is InChI=1S/C10H9ClN2O3/c1-15-7-3-5-6(4-8(7)16-2)12-13-10(11)9(5)14/h3-4H,1-2H3,(H,12,14). The molecule has 6 heteroatoms. The van der Waals surface area contributed by atoms with E-state index in [1.807, 2.05) is 0 Å². The fraction of sp³-hybridized carbons (Fsp3) is 0.200. The van der Waals surface area contributed by atoms with Crippen molar-refractivity contribution in [2.75, 3.05) is 14.2 Å². The Morgan fingerprint density at radius 2 is 1.88 bits per heavy atom. The molecule has 0 radical (unpaired) electrons. The summed E-state index contributed by atoms with van der Waals surface area (Å²) in [5, 5.41) is 6.65. The molecule has 1 aromatic heterocycles. The zero-order chi connectivity index (χ0) is 11.7. The number of fused-ring (bicyclic) bond motifs is 1. The van der Waals surface area contributed by atoms with Crippen LogP contribution in [-0.4, -0.2) is 24.4 Å². The lowest BCUT2D eigenvalue weighted by atomic mass is 10.2. The van der Waals surface area contributed by atoms with Crippen molar-refractivity contribution in [1.29, 1.82) is 0 Å². The molecule has 0 bridgehead atoms. The molecule has 84 valence electrons. The quantitative estimate of drug-likeness (QED) is 0.866. The van der Waals surface area contributed by atoms with E-state index in [0.717, 1.165) is 0 Å². The van der Waals surface area contributed by atoms with Crippen molar-refractivity contribution >= 4 is 22.5 Å². The van der Waals surface area contributed by atoms with Gasteiger partial charge in [0.05, 0.1) is 25.1 Å². The smallest absolute Gasteiger partial charge is 0.227 e. The van der Waals surface area contributed by atoms with E-state index >= 15 is 0 Å². The van der Waals surface area contributed by atoms with Crippen LogP contribution in [0.4, 0.5) is 0 Å². The van der Waals surface area contributed by atoms with E-state index in [2.05, 4.69) is 10.2 Å². The topological polar surface area (TPSA) is 64.2 Å². The van der Waals surface area contributed by atoms with Gasteiger partial charge in [0.25, 0.3) is 0 Å². The Labute approximate surface area is 95.9 Å². The van der Waals surface area contributed by atoms with Crippen LogP contribution in [-0.2, 0) is 0 Å². The first-order valence-corrected chi connectivity index (χ1v) is 4.85. The number of benzene rings is 1. The van der Waals surface area contributed by atoms with E-state index in [1.165, 1.54) is 14.2 Å². The van der Waals surface area contributed by atoms with Crippen LogP contribution in [0.2, 0.25) is 5.15 Å². The van der Waals surface area contributed by atoms with Crippen LogP contribution >= 0.6 is 11.6 Å². The van der Waals surface area contributed by atoms with E-state index in [1.54, 1.807) is 12.1 Å². The minimum absolute atomic E-state index is 0.0975. The average Bonchev–Trinajstić information content (AvgIpc) is 2.32. The zero-order valence-corrected chi connectivity index (χ0v) is 9.46. The highest BCUT2D eigenvalue weighted by atomic mass is 35.5. The summed E-state index contributed by atoms with van der Waals surface area (Å²) in [6, 6.07) is 3.21. The summed E-state index contributed by atoms with van der Waals surface area (Å²) in [7, 11) is 3.02. The third kappa shape index (κ3) is 1.59. The largest absolute Gasteiger partial charge is 0.493 e. The molecule has 1 N–H and O–H groups in total. The van der Waals surface area contributed by atoms with Gasteiger partial charge < -0.3 is 9.47 Å². The summed E-state index contributed by atoms with van der Waals surface area (Å²) >= 11 is 5.63.